The van der Waals surface area contributed by atoms with Gasteiger partial charge in [0.1, 0.15) is 30.2 Å². The topological polar surface area (TPSA) is 241 Å². The van der Waals surface area contributed by atoms with Crippen LogP contribution in [0.4, 0.5) is 0 Å². The summed E-state index contributed by atoms with van der Waals surface area (Å²) >= 11 is 0. The van der Waals surface area contributed by atoms with Gasteiger partial charge in [0.05, 0.1) is 12.5 Å². The number of carboxylic acids is 1. The summed E-state index contributed by atoms with van der Waals surface area (Å²) in [6, 6.07) is -5.97. The lowest BCUT2D eigenvalue weighted by Gasteiger charge is -2.32. The van der Waals surface area contributed by atoms with Gasteiger partial charge in [0.2, 0.25) is 35.4 Å². The molecule has 1 aliphatic carbocycles. The van der Waals surface area contributed by atoms with Crippen molar-refractivity contribution >= 4 is 41.4 Å². The van der Waals surface area contributed by atoms with Crippen molar-refractivity contribution in [2.45, 2.75) is 147 Å². The number of rotatable bonds is 21. The molecule has 0 bridgehead atoms. The highest BCUT2D eigenvalue weighted by Crippen LogP contribution is 2.31. The number of likely N-dealkylation sites (tertiary alicyclic amines) is 1. The summed E-state index contributed by atoms with van der Waals surface area (Å²) in [7, 11) is 1.41. The van der Waals surface area contributed by atoms with Crippen molar-refractivity contribution in [2.24, 2.45) is 17.6 Å². The van der Waals surface area contributed by atoms with Crippen molar-refractivity contribution in [3.05, 3.63) is 0 Å². The number of nitrogens with zero attached hydrogens (tertiary/aromatic N) is 2. The molecule has 8 N–H and O–H groups in total. The quantitative estimate of drug-likeness (QED) is 0.0800. The number of hydrogen-bond acceptors (Lipinski definition) is 9. The molecule has 1 saturated heterocycles. The number of aliphatic hydroxyl groups is 1. The monoisotopic (exact) mass is 737 g/mol. The molecule has 6 amide bonds. The molecule has 0 spiro atoms. The minimum atomic E-state index is -1.56. The van der Waals surface area contributed by atoms with E-state index in [0.29, 0.717) is 51.1 Å². The highest BCUT2D eigenvalue weighted by Gasteiger charge is 2.41. The second kappa shape index (κ2) is 22.3. The Morgan fingerprint density at radius 3 is 2.13 bits per heavy atom. The Hall–Kier alpha value is -3.79. The second-order valence-corrected chi connectivity index (χ2v) is 14.5. The number of carbonyl (C=O) groups is 7. The second-order valence-electron chi connectivity index (χ2n) is 14.5. The molecule has 1 saturated carbocycles. The molecule has 1 heterocycles. The molecular weight excluding hydrogens is 674 g/mol. The van der Waals surface area contributed by atoms with Crippen LogP contribution in [0.3, 0.4) is 0 Å². The van der Waals surface area contributed by atoms with Gasteiger partial charge in [0, 0.05) is 26.6 Å². The third-order valence-corrected chi connectivity index (χ3v) is 10.3. The number of aliphatic hydroxyl groups excluding tert-OH is 1. The first-order valence-electron chi connectivity index (χ1n) is 19.0. The molecule has 0 radical (unpaired) electrons. The number of aliphatic carboxylic acids is 1. The first-order valence-corrected chi connectivity index (χ1v) is 19.0. The van der Waals surface area contributed by atoms with E-state index in [9.17, 15) is 43.8 Å². The number of unbranched alkanes of at least 4 members (excludes halogenated alkanes) is 1. The Morgan fingerprint density at radius 1 is 0.865 bits per heavy atom. The van der Waals surface area contributed by atoms with E-state index < -0.39 is 78.2 Å². The Morgan fingerprint density at radius 2 is 1.54 bits per heavy atom. The van der Waals surface area contributed by atoms with Gasteiger partial charge in [-0.3, -0.25) is 33.6 Å². The molecule has 0 aromatic rings. The Kier molecular flexibility index (Phi) is 19.0. The minimum Gasteiger partial charge on any atom is -0.481 e. The van der Waals surface area contributed by atoms with Crippen molar-refractivity contribution in [1.82, 2.24) is 31.1 Å². The summed E-state index contributed by atoms with van der Waals surface area (Å²) in [5.41, 5.74) is 5.67. The van der Waals surface area contributed by atoms with Gasteiger partial charge in [0.15, 0.2) is 0 Å². The van der Waals surface area contributed by atoms with E-state index in [1.807, 2.05) is 6.92 Å². The Balaban J connectivity index is 2.14. The van der Waals surface area contributed by atoms with Crippen LogP contribution in [0, 0.1) is 11.8 Å². The summed E-state index contributed by atoms with van der Waals surface area (Å²) in [6.07, 6.45) is 6.73. The van der Waals surface area contributed by atoms with Crippen LogP contribution >= 0.6 is 0 Å². The van der Waals surface area contributed by atoms with Gasteiger partial charge in [-0.1, -0.05) is 46.0 Å². The number of likely N-dealkylation sites (N-methyl/N-ethyl adjacent to an activating group) is 1. The summed E-state index contributed by atoms with van der Waals surface area (Å²) in [4.78, 5) is 94.1. The van der Waals surface area contributed by atoms with Crippen LogP contribution in [0.15, 0.2) is 0 Å². The fourth-order valence-corrected chi connectivity index (χ4v) is 6.96. The highest BCUT2D eigenvalue weighted by atomic mass is 16.4. The summed E-state index contributed by atoms with van der Waals surface area (Å²) < 4.78 is 0. The lowest BCUT2D eigenvalue weighted by Crippen LogP contribution is -2.60. The van der Waals surface area contributed by atoms with Gasteiger partial charge in [-0.05, 0) is 70.8 Å². The largest absolute Gasteiger partial charge is 0.481 e. The fraction of sp³-hybridized carbons (Fsp3) is 0.806. The molecular formula is C36H63N7O9. The summed E-state index contributed by atoms with van der Waals surface area (Å²) in [5.74, 6) is -4.38. The van der Waals surface area contributed by atoms with Gasteiger partial charge in [-0.15, -0.1) is 0 Å². The van der Waals surface area contributed by atoms with Gasteiger partial charge < -0.3 is 47.0 Å². The number of amides is 6. The van der Waals surface area contributed by atoms with E-state index in [1.54, 1.807) is 0 Å². The van der Waals surface area contributed by atoms with Gasteiger partial charge in [0.25, 0.3) is 0 Å². The molecule has 296 valence electrons. The van der Waals surface area contributed by atoms with Crippen molar-refractivity contribution < 1.29 is 43.8 Å². The van der Waals surface area contributed by atoms with E-state index in [0.717, 1.165) is 25.7 Å². The van der Waals surface area contributed by atoms with Crippen LogP contribution < -0.4 is 27.0 Å². The molecule has 0 aromatic carbocycles. The molecule has 2 fully saturated rings. The molecule has 52 heavy (non-hydrogen) atoms. The van der Waals surface area contributed by atoms with Gasteiger partial charge in [-0.2, -0.15) is 0 Å². The molecule has 2 rings (SSSR count). The maximum absolute atomic E-state index is 13.7. The normalized spacial score (nSPS) is 19.7. The summed E-state index contributed by atoms with van der Waals surface area (Å²) in [5, 5.41) is 30.3. The third-order valence-electron chi connectivity index (χ3n) is 10.3. The molecule has 0 aromatic heterocycles. The van der Waals surface area contributed by atoms with Crippen molar-refractivity contribution in [3.8, 4) is 0 Å². The van der Waals surface area contributed by atoms with Crippen molar-refractivity contribution in [1.29, 1.82) is 0 Å². The molecule has 2 aliphatic rings. The smallest absolute Gasteiger partial charge is 0.305 e. The molecule has 16 heteroatoms. The van der Waals surface area contributed by atoms with Gasteiger partial charge >= 0.3 is 5.97 Å². The number of hydrogen-bond donors (Lipinski definition) is 7. The van der Waals surface area contributed by atoms with E-state index in [4.69, 9.17) is 5.73 Å². The number of nitrogens with two attached hydrogens (primary N) is 1. The number of nitrogens with one attached hydrogen (secondary N) is 4. The third kappa shape index (κ3) is 13.6. The predicted octanol–water partition coefficient (Wildman–Crippen LogP) is 0.396. The molecule has 16 nitrogen and oxygen atoms in total. The Labute approximate surface area is 307 Å². The Bertz CT molecular complexity index is 1230. The predicted molar refractivity (Wildman–Crippen MR) is 193 cm³/mol. The van der Waals surface area contributed by atoms with E-state index in [2.05, 4.69) is 28.2 Å². The molecule has 1 aliphatic heterocycles. The average molecular weight is 738 g/mol. The zero-order chi connectivity index (χ0) is 39.0. The van der Waals surface area contributed by atoms with E-state index >= 15 is 0 Å². The summed E-state index contributed by atoms with van der Waals surface area (Å²) in [6.45, 7) is 7.55. The molecule has 0 unspecified atom stereocenters. The zero-order valence-corrected chi connectivity index (χ0v) is 31.7. The van der Waals surface area contributed by atoms with Crippen LogP contribution in [0.1, 0.15) is 111 Å². The number of carbonyl (C=O) groups excluding carboxylic acids is 6. The lowest BCUT2D eigenvalue weighted by atomic mass is 9.79. The SMILES string of the molecule is CCCNC(=O)[C@@H](NC(=O)[C@@H]1CCCN1C(=O)[C@H](CC(=O)O)NC(=O)[C@H](C)N(C)C(=O)[C@H](CCCCN)NC(=O)C[C@H](C)C1CCCCC1)[C@@H](C)O. The number of carboxylic acid groups (broad SMARTS) is 1. The minimum absolute atomic E-state index is 0.0990. The van der Waals surface area contributed by atoms with Crippen LogP contribution in [-0.2, 0) is 33.6 Å². The first-order chi connectivity index (χ1) is 24.6. The van der Waals surface area contributed by atoms with Crippen LogP contribution in [0.25, 0.3) is 0 Å². The van der Waals surface area contributed by atoms with Crippen LogP contribution in [0.5, 0.6) is 0 Å². The first kappa shape index (κ1) is 44.4. The van der Waals surface area contributed by atoms with Crippen molar-refractivity contribution in [2.75, 3.05) is 26.7 Å². The van der Waals surface area contributed by atoms with E-state index in [1.165, 1.54) is 37.1 Å². The standard InChI is InChI=1S/C36H63N7O9/c1-6-18-38-34(50)31(24(4)44)41-33(49)28-16-12-19-43(28)36(52)27(21-30(46)47)40-32(48)23(3)42(5)35(51)26(15-10-11-17-37)39-29(45)20-22(2)25-13-8-7-9-14-25/h22-28,31,44H,6-21,37H2,1-5H3,(H,38,50)(H,39,45)(H,40,48)(H,41,49)(H,46,47)/t22-,23-,24+,26-,27-,28-,31-/m0/s1. The maximum Gasteiger partial charge on any atom is 0.305 e. The fourth-order valence-electron chi connectivity index (χ4n) is 6.96. The van der Waals surface area contributed by atoms with E-state index in [-0.39, 0.29) is 31.2 Å². The zero-order valence-electron chi connectivity index (χ0n) is 31.7. The van der Waals surface area contributed by atoms with Crippen LogP contribution in [0.2, 0.25) is 0 Å². The lowest BCUT2D eigenvalue weighted by molar-refractivity contribution is -0.147. The molecule has 7 atom stereocenters. The van der Waals surface area contributed by atoms with Gasteiger partial charge in [-0.25, -0.2) is 0 Å². The van der Waals surface area contributed by atoms with Crippen molar-refractivity contribution in [3.63, 3.8) is 0 Å². The van der Waals surface area contributed by atoms with Crippen LogP contribution in [-0.4, -0.2) is 124 Å². The maximum atomic E-state index is 13.7. The average Bonchev–Trinajstić information content (AvgIpc) is 3.61. The highest BCUT2D eigenvalue weighted by molar-refractivity contribution is 5.97.